The number of aromatic nitrogens is 1. The first kappa shape index (κ1) is 11.1. The van der Waals surface area contributed by atoms with Gasteiger partial charge >= 0.3 is 0 Å². The highest BCUT2D eigenvalue weighted by atomic mass is 79.9. The minimum absolute atomic E-state index is 0.300. The smallest absolute Gasteiger partial charge is 0.123 e. The van der Waals surface area contributed by atoms with Gasteiger partial charge < -0.3 is 0 Å². The molecule has 1 heterocycles. The highest BCUT2D eigenvalue weighted by Crippen LogP contribution is 2.35. The summed E-state index contributed by atoms with van der Waals surface area (Å²) in [5, 5.41) is 3.73. The number of benzene rings is 1. The first-order valence-electron chi connectivity index (χ1n) is 4.52. The Labute approximate surface area is 106 Å². The van der Waals surface area contributed by atoms with Gasteiger partial charge in [0.05, 0.1) is 0 Å². The molecular weight excluding hydrogens is 294 g/mol. The third-order valence-corrected chi connectivity index (χ3v) is 3.64. The molecule has 1 atom stereocenters. The monoisotopic (exact) mass is 301 g/mol. The molecule has 1 nitrogen and oxygen atoms in total. The molecule has 78 valence electrons. The van der Waals surface area contributed by atoms with E-state index in [0.29, 0.717) is 4.83 Å². The van der Waals surface area contributed by atoms with E-state index < -0.39 is 0 Å². The van der Waals surface area contributed by atoms with E-state index in [9.17, 15) is 0 Å². The summed E-state index contributed by atoms with van der Waals surface area (Å²) in [6.07, 6.45) is 1.81. The molecule has 0 saturated heterocycles. The summed E-state index contributed by atoms with van der Waals surface area (Å²) in [7, 11) is 0. The van der Waals surface area contributed by atoms with Crippen LogP contribution >= 0.6 is 38.9 Å². The lowest BCUT2D eigenvalue weighted by atomic mass is 10.1. The van der Waals surface area contributed by atoms with Crippen molar-refractivity contribution in [3.05, 3.63) is 40.4 Å². The molecule has 1 unspecified atom stereocenters. The van der Waals surface area contributed by atoms with Gasteiger partial charge in [-0.3, -0.25) is 0 Å². The van der Waals surface area contributed by atoms with Crippen molar-refractivity contribution in [3.8, 4) is 10.6 Å². The quantitative estimate of drug-likeness (QED) is 0.718. The third-order valence-electron chi connectivity index (χ3n) is 2.11. The average molecular weight is 303 g/mol. The molecule has 2 rings (SSSR count). The Kier molecular flexibility index (Phi) is 3.44. The van der Waals surface area contributed by atoms with Gasteiger partial charge in [-0.1, -0.05) is 33.6 Å². The van der Waals surface area contributed by atoms with Crippen molar-refractivity contribution in [1.29, 1.82) is 0 Å². The zero-order valence-electron chi connectivity index (χ0n) is 8.08. The van der Waals surface area contributed by atoms with Crippen molar-refractivity contribution in [1.82, 2.24) is 4.98 Å². The molecule has 0 aliphatic heterocycles. The van der Waals surface area contributed by atoms with Gasteiger partial charge in [-0.2, -0.15) is 0 Å². The minimum atomic E-state index is 0.300. The van der Waals surface area contributed by atoms with Crippen molar-refractivity contribution in [2.24, 2.45) is 0 Å². The molecule has 0 fully saturated rings. The Hall–Kier alpha value is -0.380. The summed E-state index contributed by atoms with van der Waals surface area (Å²) in [6, 6.07) is 5.91. The maximum absolute atomic E-state index is 6.00. The Balaban J connectivity index is 2.58. The fourth-order valence-corrected chi connectivity index (χ4v) is 2.66. The largest absolute Gasteiger partial charge is 0.245 e. The highest BCUT2D eigenvalue weighted by Gasteiger charge is 2.11. The standard InChI is InChI=1S/C11H9BrClNS/c1-7(12)9-3-2-8(13)6-10(9)11-14-4-5-15-11/h2-7H,1H3. The molecule has 0 N–H and O–H groups in total. The van der Waals surface area contributed by atoms with Crippen molar-refractivity contribution < 1.29 is 0 Å². The molecule has 0 bridgehead atoms. The second-order valence-electron chi connectivity index (χ2n) is 3.18. The van der Waals surface area contributed by atoms with E-state index in [0.717, 1.165) is 15.6 Å². The fraction of sp³-hybridized carbons (Fsp3) is 0.182. The zero-order valence-corrected chi connectivity index (χ0v) is 11.2. The van der Waals surface area contributed by atoms with Crippen molar-refractivity contribution >= 4 is 38.9 Å². The van der Waals surface area contributed by atoms with E-state index in [2.05, 4.69) is 27.8 Å². The van der Waals surface area contributed by atoms with Crippen LogP contribution in [0.3, 0.4) is 0 Å². The minimum Gasteiger partial charge on any atom is -0.245 e. The predicted molar refractivity (Wildman–Crippen MR) is 69.9 cm³/mol. The van der Waals surface area contributed by atoms with E-state index in [1.807, 2.05) is 29.8 Å². The van der Waals surface area contributed by atoms with Gasteiger partial charge in [-0.15, -0.1) is 11.3 Å². The molecular formula is C11H9BrClNS. The van der Waals surface area contributed by atoms with Crippen LogP contribution < -0.4 is 0 Å². The molecule has 15 heavy (non-hydrogen) atoms. The molecule has 0 spiro atoms. The van der Waals surface area contributed by atoms with Crippen LogP contribution in [0.2, 0.25) is 5.02 Å². The Morgan fingerprint density at radius 3 is 2.87 bits per heavy atom. The van der Waals surface area contributed by atoms with Crippen molar-refractivity contribution in [2.45, 2.75) is 11.8 Å². The van der Waals surface area contributed by atoms with Gasteiger partial charge in [0, 0.05) is 27.0 Å². The predicted octanol–water partition coefficient (Wildman–Crippen LogP) is 4.92. The molecule has 2 aromatic rings. The molecule has 0 amide bonds. The van der Waals surface area contributed by atoms with E-state index >= 15 is 0 Å². The SMILES string of the molecule is CC(Br)c1ccc(Cl)cc1-c1nccs1. The topological polar surface area (TPSA) is 12.9 Å². The summed E-state index contributed by atoms with van der Waals surface area (Å²) < 4.78 is 0. The number of nitrogens with zero attached hydrogens (tertiary/aromatic N) is 1. The summed E-state index contributed by atoms with van der Waals surface area (Å²) in [5.74, 6) is 0. The fourth-order valence-electron chi connectivity index (χ4n) is 1.42. The first-order chi connectivity index (χ1) is 7.18. The van der Waals surface area contributed by atoms with Crippen LogP contribution in [0.25, 0.3) is 10.6 Å². The van der Waals surface area contributed by atoms with Crippen LogP contribution in [0.1, 0.15) is 17.3 Å². The van der Waals surface area contributed by atoms with E-state index in [1.165, 1.54) is 5.56 Å². The Morgan fingerprint density at radius 2 is 2.27 bits per heavy atom. The lowest BCUT2D eigenvalue weighted by Crippen LogP contribution is -1.89. The number of hydrogen-bond acceptors (Lipinski definition) is 2. The second kappa shape index (κ2) is 4.64. The van der Waals surface area contributed by atoms with Crippen molar-refractivity contribution in [3.63, 3.8) is 0 Å². The molecule has 0 radical (unpaired) electrons. The lowest BCUT2D eigenvalue weighted by Gasteiger charge is -2.09. The maximum atomic E-state index is 6.00. The van der Waals surface area contributed by atoms with Crippen LogP contribution in [0.15, 0.2) is 29.8 Å². The van der Waals surface area contributed by atoms with Crippen LogP contribution in [-0.4, -0.2) is 4.98 Å². The second-order valence-corrected chi connectivity index (χ2v) is 5.89. The third kappa shape index (κ3) is 2.41. The van der Waals surface area contributed by atoms with Crippen LogP contribution in [0.4, 0.5) is 0 Å². The lowest BCUT2D eigenvalue weighted by molar-refractivity contribution is 1.12. The summed E-state index contributed by atoms with van der Waals surface area (Å²) >= 11 is 11.2. The first-order valence-corrected chi connectivity index (χ1v) is 6.69. The van der Waals surface area contributed by atoms with Gasteiger partial charge in [-0.25, -0.2) is 4.98 Å². The number of alkyl halides is 1. The summed E-state index contributed by atoms with van der Waals surface area (Å²) in [5.41, 5.74) is 2.33. The Morgan fingerprint density at radius 1 is 1.47 bits per heavy atom. The average Bonchev–Trinajstić information content (AvgIpc) is 2.69. The van der Waals surface area contributed by atoms with Crippen molar-refractivity contribution in [2.75, 3.05) is 0 Å². The molecule has 4 heteroatoms. The van der Waals surface area contributed by atoms with Gasteiger partial charge in [0.25, 0.3) is 0 Å². The van der Waals surface area contributed by atoms with Gasteiger partial charge in [0.1, 0.15) is 5.01 Å². The van der Waals surface area contributed by atoms with E-state index in [4.69, 9.17) is 11.6 Å². The zero-order chi connectivity index (χ0) is 10.8. The van der Waals surface area contributed by atoms with Gasteiger partial charge in [-0.05, 0) is 24.6 Å². The normalized spacial score (nSPS) is 12.7. The number of hydrogen-bond donors (Lipinski definition) is 0. The highest BCUT2D eigenvalue weighted by molar-refractivity contribution is 9.09. The number of halogens is 2. The maximum Gasteiger partial charge on any atom is 0.123 e. The van der Waals surface area contributed by atoms with Gasteiger partial charge in [0.15, 0.2) is 0 Å². The van der Waals surface area contributed by atoms with Crippen LogP contribution in [0, 0.1) is 0 Å². The molecule has 1 aromatic carbocycles. The van der Waals surface area contributed by atoms with Gasteiger partial charge in [0.2, 0.25) is 0 Å². The van der Waals surface area contributed by atoms with Crippen LogP contribution in [-0.2, 0) is 0 Å². The summed E-state index contributed by atoms with van der Waals surface area (Å²) in [6.45, 7) is 2.10. The Bertz CT molecular complexity index is 454. The van der Waals surface area contributed by atoms with E-state index in [1.54, 1.807) is 11.3 Å². The molecule has 1 aromatic heterocycles. The number of rotatable bonds is 2. The number of thiazole rings is 1. The van der Waals surface area contributed by atoms with Crippen LogP contribution in [0.5, 0.6) is 0 Å². The van der Waals surface area contributed by atoms with E-state index in [-0.39, 0.29) is 0 Å². The molecule has 0 aliphatic carbocycles. The molecule has 0 saturated carbocycles. The molecule has 0 aliphatic rings. The summed E-state index contributed by atoms with van der Waals surface area (Å²) in [4.78, 5) is 4.61.